The molecule has 0 spiro atoms. The van der Waals surface area contributed by atoms with Crippen molar-refractivity contribution in [2.75, 3.05) is 21.0 Å². The lowest BCUT2D eigenvalue weighted by atomic mass is 10.0. The Kier molecular flexibility index (Phi) is 12.3. The molecule has 1 aromatic carbocycles. The van der Waals surface area contributed by atoms with Crippen molar-refractivity contribution in [3.05, 3.63) is 42.2 Å². The molecule has 12 nitrogen and oxygen atoms in total. The number of nitrogens with zero attached hydrogens (tertiary/aromatic N) is 1. The van der Waals surface area contributed by atoms with Crippen molar-refractivity contribution in [1.29, 1.82) is 0 Å². The Morgan fingerprint density at radius 2 is 1.69 bits per heavy atom. The third-order valence-corrected chi connectivity index (χ3v) is 7.88. The number of esters is 2. The molecule has 2 fully saturated rings. The second-order valence-electron chi connectivity index (χ2n) is 11.5. The number of hydrogen-bond acceptors (Lipinski definition) is 11. The first-order valence-electron chi connectivity index (χ1n) is 15.5. The molecule has 2 aliphatic rings. The summed E-state index contributed by atoms with van der Waals surface area (Å²) in [5, 5.41) is 2.76. The van der Waals surface area contributed by atoms with E-state index in [1.54, 1.807) is 27.9 Å². The molecule has 4 atom stereocenters. The summed E-state index contributed by atoms with van der Waals surface area (Å²) in [6.07, 6.45) is 5.35. The molecule has 2 heterocycles. The van der Waals surface area contributed by atoms with E-state index in [-0.39, 0.29) is 29.2 Å². The highest BCUT2D eigenvalue weighted by Crippen LogP contribution is 2.32. The zero-order valence-corrected chi connectivity index (χ0v) is 26.6. The summed E-state index contributed by atoms with van der Waals surface area (Å²) >= 11 is 0. The monoisotopic (exact) mass is 628 g/mol. The summed E-state index contributed by atoms with van der Waals surface area (Å²) in [6.45, 7) is 4.74. The number of carbonyl (C=O) groups excluding carboxylic acids is 3. The summed E-state index contributed by atoms with van der Waals surface area (Å²) in [6, 6.07) is 7.87. The van der Waals surface area contributed by atoms with Crippen LogP contribution < -0.4 is 24.3 Å². The molecule has 1 aliphatic heterocycles. The molecular formula is C33H44N2O10. The quantitative estimate of drug-likeness (QED) is 0.260. The molecule has 1 N–H and O–H groups in total. The van der Waals surface area contributed by atoms with Crippen molar-refractivity contribution in [2.45, 2.75) is 96.2 Å². The van der Waals surface area contributed by atoms with Gasteiger partial charge in [-0.25, -0.2) is 9.78 Å². The lowest BCUT2D eigenvalue weighted by molar-refractivity contribution is -0.168. The van der Waals surface area contributed by atoms with Gasteiger partial charge in [0, 0.05) is 12.3 Å². The molecule has 4 unspecified atom stereocenters. The maximum Gasteiger partial charge on any atom is 0.329 e. The minimum absolute atomic E-state index is 0.0168. The fourth-order valence-corrected chi connectivity index (χ4v) is 5.40. The van der Waals surface area contributed by atoms with Gasteiger partial charge in [-0.05, 0) is 63.3 Å². The first kappa shape index (κ1) is 33.8. The first-order valence-corrected chi connectivity index (χ1v) is 15.5. The van der Waals surface area contributed by atoms with Crippen molar-refractivity contribution >= 4 is 17.8 Å². The number of amides is 1. The Morgan fingerprint density at radius 1 is 0.978 bits per heavy atom. The number of methoxy groups -OCH3 is 2. The number of aromatic nitrogens is 1. The van der Waals surface area contributed by atoms with Crippen LogP contribution in [0.4, 0.5) is 0 Å². The molecule has 1 saturated heterocycles. The second-order valence-corrected chi connectivity index (χ2v) is 11.5. The van der Waals surface area contributed by atoms with E-state index in [0.29, 0.717) is 30.8 Å². The van der Waals surface area contributed by atoms with Crippen molar-refractivity contribution in [1.82, 2.24) is 10.3 Å². The number of carbonyl (C=O) groups is 3. The van der Waals surface area contributed by atoms with E-state index in [2.05, 4.69) is 10.3 Å². The summed E-state index contributed by atoms with van der Waals surface area (Å²) in [5.41, 5.74) is -0.126. The fourth-order valence-electron chi connectivity index (χ4n) is 5.40. The predicted octanol–water partition coefficient (Wildman–Crippen LogP) is 4.62. The van der Waals surface area contributed by atoms with Gasteiger partial charge >= 0.3 is 11.9 Å². The first-order chi connectivity index (χ1) is 21.7. The number of pyridine rings is 1. The van der Waals surface area contributed by atoms with Gasteiger partial charge in [-0.2, -0.15) is 0 Å². The molecule has 0 bridgehead atoms. The van der Waals surface area contributed by atoms with Crippen LogP contribution in [-0.2, 0) is 23.8 Å². The summed E-state index contributed by atoms with van der Waals surface area (Å²) in [5.74, 6) is -0.506. The van der Waals surface area contributed by atoms with E-state index in [0.717, 1.165) is 25.7 Å². The number of nitrogens with one attached hydrogen (secondary N) is 1. The fraction of sp³-hybridized carbons (Fsp3) is 0.576. The number of cyclic esters (lactones) is 1. The van der Waals surface area contributed by atoms with Crippen LogP contribution in [0.5, 0.6) is 23.0 Å². The van der Waals surface area contributed by atoms with Gasteiger partial charge < -0.3 is 38.5 Å². The molecular weight excluding hydrogens is 584 g/mol. The van der Waals surface area contributed by atoms with E-state index < -0.39 is 49.0 Å². The topological polar surface area (TPSA) is 141 Å². The standard InChI is InChI=1S/C33H44N2O10/c1-20(2)32(37)42-19-41-30-26(40-5)17-18-34-28(30)31(36)35-25-11-8-12-27(44-24-15-13-22(39-4)14-16-24)29(21(3)43-33(25)38)45-23-9-6-7-10-23/h13-18,20-21,23,25,27,29H,6-12,19H2,1-5H3,(H,35,36). The Morgan fingerprint density at radius 3 is 2.36 bits per heavy atom. The van der Waals surface area contributed by atoms with Crippen LogP contribution in [-0.4, -0.2) is 74.3 Å². The molecule has 1 aliphatic carbocycles. The number of ether oxygens (including phenoxy) is 7. The Bertz CT molecular complexity index is 1280. The minimum Gasteiger partial charge on any atom is -0.497 e. The average Bonchev–Trinajstić information content (AvgIpc) is 3.56. The normalized spacial score (nSPS) is 22.4. The van der Waals surface area contributed by atoms with Gasteiger partial charge in [0.15, 0.2) is 17.2 Å². The number of benzene rings is 1. The van der Waals surface area contributed by atoms with Gasteiger partial charge in [0.25, 0.3) is 5.91 Å². The van der Waals surface area contributed by atoms with Crippen molar-refractivity contribution in [3.8, 4) is 23.0 Å². The van der Waals surface area contributed by atoms with Crippen molar-refractivity contribution < 1.29 is 47.5 Å². The smallest absolute Gasteiger partial charge is 0.329 e. The van der Waals surface area contributed by atoms with Crippen LogP contribution in [0.15, 0.2) is 36.5 Å². The van der Waals surface area contributed by atoms with E-state index in [4.69, 9.17) is 33.2 Å². The van der Waals surface area contributed by atoms with Crippen LogP contribution in [0, 0.1) is 5.92 Å². The second kappa shape index (κ2) is 16.3. The van der Waals surface area contributed by atoms with E-state index >= 15 is 0 Å². The van der Waals surface area contributed by atoms with E-state index in [1.807, 2.05) is 24.3 Å². The molecule has 45 heavy (non-hydrogen) atoms. The van der Waals surface area contributed by atoms with Crippen LogP contribution >= 0.6 is 0 Å². The molecule has 2 aromatic rings. The highest BCUT2D eigenvalue weighted by Gasteiger charge is 2.38. The summed E-state index contributed by atoms with van der Waals surface area (Å²) in [4.78, 5) is 43.0. The van der Waals surface area contributed by atoms with E-state index in [1.165, 1.54) is 19.4 Å². The number of hydrogen-bond donors (Lipinski definition) is 1. The van der Waals surface area contributed by atoms with Gasteiger partial charge in [0.1, 0.15) is 35.9 Å². The van der Waals surface area contributed by atoms with Gasteiger partial charge in [-0.3, -0.25) is 9.59 Å². The van der Waals surface area contributed by atoms with Crippen LogP contribution in [0.3, 0.4) is 0 Å². The highest BCUT2D eigenvalue weighted by atomic mass is 16.7. The summed E-state index contributed by atoms with van der Waals surface area (Å²) in [7, 11) is 3.02. The Balaban J connectivity index is 1.50. The van der Waals surface area contributed by atoms with Gasteiger partial charge in [0.05, 0.1) is 26.2 Å². The lowest BCUT2D eigenvalue weighted by Gasteiger charge is -2.33. The third kappa shape index (κ3) is 9.23. The van der Waals surface area contributed by atoms with Gasteiger partial charge in [-0.15, -0.1) is 0 Å². The Labute approximate surface area is 264 Å². The zero-order valence-electron chi connectivity index (χ0n) is 26.6. The average molecular weight is 629 g/mol. The van der Waals surface area contributed by atoms with Gasteiger partial charge in [0.2, 0.25) is 6.79 Å². The molecule has 1 amide bonds. The van der Waals surface area contributed by atoms with Crippen LogP contribution in [0.25, 0.3) is 0 Å². The summed E-state index contributed by atoms with van der Waals surface area (Å²) < 4.78 is 40.2. The van der Waals surface area contributed by atoms with Crippen LogP contribution in [0.1, 0.15) is 76.2 Å². The minimum atomic E-state index is -0.966. The van der Waals surface area contributed by atoms with Crippen LogP contribution in [0.2, 0.25) is 0 Å². The van der Waals surface area contributed by atoms with Gasteiger partial charge in [-0.1, -0.05) is 26.7 Å². The molecule has 4 rings (SSSR count). The number of rotatable bonds is 12. The lowest BCUT2D eigenvalue weighted by Crippen LogP contribution is -2.47. The maximum absolute atomic E-state index is 13.5. The Hall–Kier alpha value is -4.06. The predicted molar refractivity (Wildman–Crippen MR) is 162 cm³/mol. The third-order valence-electron chi connectivity index (χ3n) is 7.88. The highest BCUT2D eigenvalue weighted by molar-refractivity contribution is 5.98. The molecule has 12 heteroatoms. The maximum atomic E-state index is 13.5. The van der Waals surface area contributed by atoms with Crippen molar-refractivity contribution in [3.63, 3.8) is 0 Å². The molecule has 0 radical (unpaired) electrons. The molecule has 246 valence electrons. The molecule has 1 aromatic heterocycles. The van der Waals surface area contributed by atoms with Crippen molar-refractivity contribution in [2.24, 2.45) is 5.92 Å². The van der Waals surface area contributed by atoms with E-state index in [9.17, 15) is 14.4 Å². The largest absolute Gasteiger partial charge is 0.497 e. The zero-order chi connectivity index (χ0) is 32.3. The SMILES string of the molecule is COc1ccc(OC2CCCC(NC(=O)c3nccc(OC)c3OCOC(=O)C(C)C)C(=O)OC(C)C2OC2CCCC2)cc1. The molecule has 1 saturated carbocycles.